The van der Waals surface area contributed by atoms with Crippen molar-refractivity contribution in [3.8, 4) is 5.75 Å². The molecule has 0 unspecified atom stereocenters. The molecule has 1 aromatic carbocycles. The fourth-order valence-electron chi connectivity index (χ4n) is 1.01. The summed E-state index contributed by atoms with van der Waals surface area (Å²) in [5.41, 5.74) is 0.682. The third-order valence-electron chi connectivity index (χ3n) is 1.63. The molecule has 0 aromatic heterocycles. The van der Waals surface area contributed by atoms with Crippen LogP contribution in [0.25, 0.3) is 0 Å². The fraction of sp³-hybridized carbons (Fsp3) is 0.182. The molecule has 4 heteroatoms. The zero-order chi connectivity index (χ0) is 11.3. The molecule has 80 valence electrons. The van der Waals surface area contributed by atoms with Crippen LogP contribution in [-0.2, 0) is 4.79 Å². The Morgan fingerprint density at radius 2 is 2.33 bits per heavy atom. The highest BCUT2D eigenvalue weighted by Gasteiger charge is 1.97. The molecule has 1 N–H and O–H groups in total. The Hall–Kier alpha value is -1.04. The number of rotatable bonds is 4. The number of carboxylic acids is 1. The summed E-state index contributed by atoms with van der Waals surface area (Å²) in [6.45, 7) is 2.02. The van der Waals surface area contributed by atoms with E-state index in [1.165, 1.54) is 0 Å². The van der Waals surface area contributed by atoms with Crippen LogP contribution in [0.5, 0.6) is 5.75 Å². The minimum atomic E-state index is -0.946. The van der Waals surface area contributed by atoms with Crippen molar-refractivity contribution in [2.75, 3.05) is 6.61 Å². The second kappa shape index (κ2) is 5.75. The summed E-state index contributed by atoms with van der Waals surface area (Å²) in [6.07, 6.45) is 1.15. The molecule has 3 nitrogen and oxygen atoms in total. The molecule has 0 saturated heterocycles. The van der Waals surface area contributed by atoms with Crippen molar-refractivity contribution in [1.29, 1.82) is 0 Å². The van der Waals surface area contributed by atoms with Crippen LogP contribution >= 0.6 is 22.6 Å². The number of halogens is 1. The summed E-state index contributed by atoms with van der Waals surface area (Å²) in [5, 5.41) is 8.49. The average Bonchev–Trinajstić information content (AvgIpc) is 2.14. The first-order valence-corrected chi connectivity index (χ1v) is 5.44. The van der Waals surface area contributed by atoms with E-state index < -0.39 is 5.97 Å². The van der Waals surface area contributed by atoms with Gasteiger partial charge in [0.15, 0.2) is 0 Å². The normalized spacial score (nSPS) is 11.2. The van der Waals surface area contributed by atoms with Gasteiger partial charge in [0, 0.05) is 9.65 Å². The zero-order valence-corrected chi connectivity index (χ0v) is 10.4. The van der Waals surface area contributed by atoms with Gasteiger partial charge in [0.05, 0.1) is 0 Å². The van der Waals surface area contributed by atoms with Crippen molar-refractivity contribution in [3.63, 3.8) is 0 Å². The van der Waals surface area contributed by atoms with Crippen molar-refractivity contribution in [1.82, 2.24) is 0 Å². The summed E-state index contributed by atoms with van der Waals surface area (Å²) in [7, 11) is 0. The predicted octanol–water partition coefficient (Wildman–Crippen LogP) is 2.70. The number of hydrogen-bond donors (Lipinski definition) is 1. The van der Waals surface area contributed by atoms with E-state index >= 15 is 0 Å². The second-order valence-electron chi connectivity index (χ2n) is 3.07. The van der Waals surface area contributed by atoms with Crippen LogP contribution < -0.4 is 4.74 Å². The maximum Gasteiger partial charge on any atom is 0.328 e. The molecule has 0 aliphatic rings. The molecule has 0 atom stereocenters. The molecule has 0 aliphatic carbocycles. The lowest BCUT2D eigenvalue weighted by atomic mass is 10.3. The summed E-state index contributed by atoms with van der Waals surface area (Å²) in [5.74, 6) is -0.196. The van der Waals surface area contributed by atoms with Gasteiger partial charge in [-0.2, -0.15) is 0 Å². The molecular weight excluding hydrogens is 307 g/mol. The first-order valence-electron chi connectivity index (χ1n) is 4.36. The van der Waals surface area contributed by atoms with E-state index in [0.29, 0.717) is 12.2 Å². The largest absolute Gasteiger partial charge is 0.489 e. The Kier molecular flexibility index (Phi) is 4.61. The molecule has 0 heterocycles. The van der Waals surface area contributed by atoms with Gasteiger partial charge in [-0.15, -0.1) is 0 Å². The lowest BCUT2D eigenvalue weighted by molar-refractivity contribution is -0.131. The first kappa shape index (κ1) is 12.0. The van der Waals surface area contributed by atoms with Gasteiger partial charge < -0.3 is 9.84 Å². The number of carboxylic acid groups (broad SMARTS) is 1. The van der Waals surface area contributed by atoms with Crippen LogP contribution in [0.4, 0.5) is 0 Å². The van der Waals surface area contributed by atoms with Gasteiger partial charge in [0.2, 0.25) is 0 Å². The van der Waals surface area contributed by atoms with Gasteiger partial charge in [0.25, 0.3) is 0 Å². The van der Waals surface area contributed by atoms with Gasteiger partial charge in [-0.3, -0.25) is 0 Å². The average molecular weight is 318 g/mol. The molecule has 0 fully saturated rings. The minimum Gasteiger partial charge on any atom is -0.489 e. The number of hydrogen-bond acceptors (Lipinski definition) is 2. The number of benzene rings is 1. The highest BCUT2D eigenvalue weighted by molar-refractivity contribution is 14.1. The quantitative estimate of drug-likeness (QED) is 0.686. The lowest BCUT2D eigenvalue weighted by Gasteiger charge is -2.05. The van der Waals surface area contributed by atoms with E-state index in [-0.39, 0.29) is 0 Å². The molecule has 0 saturated carbocycles. The standard InChI is InChI=1S/C11H11IO3/c1-8(5-11(13)14)7-15-10-4-2-3-9(12)6-10/h2-6H,7H2,1H3,(H,13,14). The molecule has 0 bridgehead atoms. The van der Waals surface area contributed by atoms with Crippen molar-refractivity contribution in [3.05, 3.63) is 39.5 Å². The molecule has 15 heavy (non-hydrogen) atoms. The van der Waals surface area contributed by atoms with E-state index in [1.807, 2.05) is 24.3 Å². The SMILES string of the molecule is CC(=CC(=O)O)COc1cccc(I)c1. The van der Waals surface area contributed by atoms with Crippen LogP contribution in [0.3, 0.4) is 0 Å². The summed E-state index contributed by atoms with van der Waals surface area (Å²) in [6, 6.07) is 7.60. The highest BCUT2D eigenvalue weighted by Crippen LogP contribution is 2.15. The predicted molar refractivity (Wildman–Crippen MR) is 66.0 cm³/mol. The van der Waals surface area contributed by atoms with Crippen LogP contribution in [0.1, 0.15) is 6.92 Å². The summed E-state index contributed by atoms with van der Waals surface area (Å²) < 4.78 is 6.50. The smallest absolute Gasteiger partial charge is 0.328 e. The third kappa shape index (κ3) is 4.83. The van der Waals surface area contributed by atoms with Crippen molar-refractivity contribution in [2.45, 2.75) is 6.92 Å². The molecule has 0 spiro atoms. The maximum absolute atomic E-state index is 10.3. The van der Waals surface area contributed by atoms with Gasteiger partial charge in [-0.25, -0.2) is 4.79 Å². The summed E-state index contributed by atoms with van der Waals surface area (Å²) >= 11 is 2.19. The van der Waals surface area contributed by atoms with Gasteiger partial charge in [-0.1, -0.05) is 6.07 Å². The van der Waals surface area contributed by atoms with Crippen molar-refractivity contribution < 1.29 is 14.6 Å². The zero-order valence-electron chi connectivity index (χ0n) is 8.24. The Labute approximate surface area is 102 Å². The van der Waals surface area contributed by atoms with Crippen molar-refractivity contribution >= 4 is 28.6 Å². The first-order chi connectivity index (χ1) is 7.08. The molecule has 0 aliphatic heterocycles. The monoisotopic (exact) mass is 318 g/mol. The van der Waals surface area contributed by atoms with E-state index in [4.69, 9.17) is 9.84 Å². The topological polar surface area (TPSA) is 46.5 Å². The van der Waals surface area contributed by atoms with E-state index in [1.54, 1.807) is 6.92 Å². The Morgan fingerprint density at radius 3 is 2.93 bits per heavy atom. The fourth-order valence-corrected chi connectivity index (χ4v) is 1.52. The maximum atomic E-state index is 10.3. The van der Waals surface area contributed by atoms with E-state index in [0.717, 1.165) is 15.4 Å². The van der Waals surface area contributed by atoms with Crippen LogP contribution in [-0.4, -0.2) is 17.7 Å². The molecule has 1 rings (SSSR count). The lowest BCUT2D eigenvalue weighted by Crippen LogP contribution is -2.01. The van der Waals surface area contributed by atoms with E-state index in [2.05, 4.69) is 22.6 Å². The number of aliphatic carboxylic acids is 1. The molecule has 1 aromatic rings. The van der Waals surface area contributed by atoms with Crippen molar-refractivity contribution in [2.24, 2.45) is 0 Å². The van der Waals surface area contributed by atoms with Crippen LogP contribution in [0.15, 0.2) is 35.9 Å². The van der Waals surface area contributed by atoms with Gasteiger partial charge in [0.1, 0.15) is 12.4 Å². The number of carbonyl (C=O) groups is 1. The third-order valence-corrected chi connectivity index (χ3v) is 2.30. The van der Waals surface area contributed by atoms with Crippen LogP contribution in [0, 0.1) is 3.57 Å². The molecular formula is C11H11IO3. The highest BCUT2D eigenvalue weighted by atomic mass is 127. The summed E-state index contributed by atoms with van der Waals surface area (Å²) in [4.78, 5) is 10.3. The Bertz CT molecular complexity index is 385. The molecule has 0 amide bonds. The number of ether oxygens (including phenoxy) is 1. The Balaban J connectivity index is 2.54. The Morgan fingerprint density at radius 1 is 1.60 bits per heavy atom. The van der Waals surface area contributed by atoms with Gasteiger partial charge in [-0.05, 0) is 53.3 Å². The van der Waals surface area contributed by atoms with Crippen LogP contribution in [0.2, 0.25) is 0 Å². The molecule has 0 radical (unpaired) electrons. The van der Waals surface area contributed by atoms with Gasteiger partial charge >= 0.3 is 5.97 Å². The second-order valence-corrected chi connectivity index (χ2v) is 4.32. The van der Waals surface area contributed by atoms with E-state index in [9.17, 15) is 4.79 Å². The minimum absolute atomic E-state index is 0.298.